The van der Waals surface area contributed by atoms with Gasteiger partial charge in [-0.2, -0.15) is 0 Å². The minimum absolute atomic E-state index is 0.830. The Morgan fingerprint density at radius 1 is 1.04 bits per heavy atom. The Hall–Kier alpha value is -1.78. The van der Waals surface area contributed by atoms with Crippen LogP contribution in [-0.2, 0) is 19.5 Å². The molecule has 0 N–H and O–H groups in total. The monoisotopic (exact) mass is 336 g/mol. The summed E-state index contributed by atoms with van der Waals surface area (Å²) in [6.45, 7) is 8.92. The molecular weight excluding hydrogens is 308 g/mol. The van der Waals surface area contributed by atoms with Crippen molar-refractivity contribution in [3.63, 3.8) is 0 Å². The van der Waals surface area contributed by atoms with Crippen LogP contribution in [0.2, 0.25) is 0 Å². The molecule has 0 saturated carbocycles. The SMILES string of the molecule is Cc1ncc2c(n1)CN(CC1CCN(Cc3ccccc3)CC1)CC2. The molecule has 4 rings (SSSR count). The zero-order valence-corrected chi connectivity index (χ0v) is 15.2. The number of fused-ring (bicyclic) bond motifs is 1. The van der Waals surface area contributed by atoms with Gasteiger partial charge in [0.1, 0.15) is 5.82 Å². The molecule has 0 aliphatic carbocycles. The first kappa shape index (κ1) is 16.7. The number of likely N-dealkylation sites (tertiary alicyclic amines) is 1. The highest BCUT2D eigenvalue weighted by molar-refractivity contribution is 5.20. The number of hydrogen-bond acceptors (Lipinski definition) is 4. The Bertz CT molecular complexity index is 692. The molecule has 1 aromatic carbocycles. The largest absolute Gasteiger partial charge is 0.299 e. The van der Waals surface area contributed by atoms with Gasteiger partial charge in [-0.1, -0.05) is 30.3 Å². The maximum absolute atomic E-state index is 4.65. The van der Waals surface area contributed by atoms with Crippen molar-refractivity contribution in [2.24, 2.45) is 5.92 Å². The van der Waals surface area contributed by atoms with Crippen molar-refractivity contribution in [2.75, 3.05) is 26.2 Å². The third-order valence-corrected chi connectivity index (χ3v) is 5.62. The van der Waals surface area contributed by atoms with E-state index in [4.69, 9.17) is 0 Å². The summed E-state index contributed by atoms with van der Waals surface area (Å²) >= 11 is 0. The predicted octanol–water partition coefficient (Wildman–Crippen LogP) is 3.06. The summed E-state index contributed by atoms with van der Waals surface area (Å²) < 4.78 is 0. The number of benzene rings is 1. The smallest absolute Gasteiger partial charge is 0.125 e. The molecule has 1 fully saturated rings. The molecule has 0 radical (unpaired) electrons. The lowest BCUT2D eigenvalue weighted by atomic mass is 9.94. The lowest BCUT2D eigenvalue weighted by molar-refractivity contribution is 0.131. The maximum Gasteiger partial charge on any atom is 0.125 e. The molecule has 2 aromatic rings. The second-order valence-corrected chi connectivity index (χ2v) is 7.58. The van der Waals surface area contributed by atoms with E-state index in [1.807, 2.05) is 13.1 Å². The minimum atomic E-state index is 0.830. The number of aryl methyl sites for hydroxylation is 1. The van der Waals surface area contributed by atoms with Gasteiger partial charge in [0.15, 0.2) is 0 Å². The van der Waals surface area contributed by atoms with Crippen LogP contribution in [0.5, 0.6) is 0 Å². The van der Waals surface area contributed by atoms with Gasteiger partial charge in [0.25, 0.3) is 0 Å². The van der Waals surface area contributed by atoms with Crippen molar-refractivity contribution < 1.29 is 0 Å². The topological polar surface area (TPSA) is 32.3 Å². The molecule has 25 heavy (non-hydrogen) atoms. The second kappa shape index (κ2) is 7.63. The van der Waals surface area contributed by atoms with Crippen molar-refractivity contribution >= 4 is 0 Å². The summed E-state index contributed by atoms with van der Waals surface area (Å²) in [5.74, 6) is 1.73. The lowest BCUT2D eigenvalue weighted by Gasteiger charge is -2.36. The number of nitrogens with zero attached hydrogens (tertiary/aromatic N) is 4. The highest BCUT2D eigenvalue weighted by Crippen LogP contribution is 2.23. The van der Waals surface area contributed by atoms with Gasteiger partial charge in [0, 0.05) is 32.4 Å². The van der Waals surface area contributed by atoms with E-state index in [2.05, 4.69) is 50.1 Å². The molecule has 3 heterocycles. The number of aromatic nitrogens is 2. The molecule has 0 atom stereocenters. The van der Waals surface area contributed by atoms with Crippen molar-refractivity contribution in [2.45, 2.75) is 39.3 Å². The Balaban J connectivity index is 1.26. The fourth-order valence-corrected chi connectivity index (χ4v) is 4.15. The number of rotatable bonds is 4. The van der Waals surface area contributed by atoms with Crippen molar-refractivity contribution in [3.8, 4) is 0 Å². The molecule has 1 saturated heterocycles. The molecule has 0 spiro atoms. The van der Waals surface area contributed by atoms with Crippen LogP contribution in [0.4, 0.5) is 0 Å². The minimum Gasteiger partial charge on any atom is -0.299 e. The van der Waals surface area contributed by atoms with Crippen LogP contribution in [0.25, 0.3) is 0 Å². The third-order valence-electron chi connectivity index (χ3n) is 5.62. The highest BCUT2D eigenvalue weighted by atomic mass is 15.2. The zero-order chi connectivity index (χ0) is 17.1. The van der Waals surface area contributed by atoms with Crippen LogP contribution in [0.15, 0.2) is 36.5 Å². The van der Waals surface area contributed by atoms with E-state index in [9.17, 15) is 0 Å². The number of hydrogen-bond donors (Lipinski definition) is 0. The summed E-state index contributed by atoms with van der Waals surface area (Å²) in [5.41, 5.74) is 4.03. The van der Waals surface area contributed by atoms with Gasteiger partial charge >= 0.3 is 0 Å². The van der Waals surface area contributed by atoms with Gasteiger partial charge < -0.3 is 0 Å². The van der Waals surface area contributed by atoms with Crippen molar-refractivity contribution in [1.82, 2.24) is 19.8 Å². The summed E-state index contributed by atoms with van der Waals surface area (Å²) in [6, 6.07) is 10.9. The van der Waals surface area contributed by atoms with Crippen LogP contribution in [0.3, 0.4) is 0 Å². The summed E-state index contributed by atoms with van der Waals surface area (Å²) in [7, 11) is 0. The first-order valence-corrected chi connectivity index (χ1v) is 9.56. The van der Waals surface area contributed by atoms with Gasteiger partial charge in [-0.15, -0.1) is 0 Å². The van der Waals surface area contributed by atoms with Gasteiger partial charge in [-0.05, 0) is 56.3 Å². The Morgan fingerprint density at radius 3 is 2.64 bits per heavy atom. The first-order valence-electron chi connectivity index (χ1n) is 9.56. The normalized spacial score (nSPS) is 19.7. The van der Waals surface area contributed by atoms with Gasteiger partial charge in [0.05, 0.1) is 5.69 Å². The van der Waals surface area contributed by atoms with Crippen LogP contribution in [-0.4, -0.2) is 45.9 Å². The van der Waals surface area contributed by atoms with Crippen molar-refractivity contribution in [1.29, 1.82) is 0 Å². The third kappa shape index (κ3) is 4.25. The van der Waals surface area contributed by atoms with E-state index in [1.54, 1.807) is 0 Å². The fraction of sp³-hybridized carbons (Fsp3) is 0.524. The van der Waals surface area contributed by atoms with Crippen LogP contribution >= 0.6 is 0 Å². The van der Waals surface area contributed by atoms with Crippen LogP contribution in [0.1, 0.15) is 35.5 Å². The van der Waals surface area contributed by atoms with E-state index in [0.717, 1.165) is 37.8 Å². The van der Waals surface area contributed by atoms with E-state index in [1.165, 1.54) is 49.3 Å². The van der Waals surface area contributed by atoms with Gasteiger partial charge in [-0.3, -0.25) is 9.80 Å². The summed E-state index contributed by atoms with van der Waals surface area (Å²) in [4.78, 5) is 14.2. The molecular formula is C21H28N4. The van der Waals surface area contributed by atoms with E-state index in [-0.39, 0.29) is 0 Å². The van der Waals surface area contributed by atoms with E-state index in [0.29, 0.717) is 0 Å². The quantitative estimate of drug-likeness (QED) is 0.859. The fourth-order valence-electron chi connectivity index (χ4n) is 4.15. The highest BCUT2D eigenvalue weighted by Gasteiger charge is 2.24. The van der Waals surface area contributed by atoms with Gasteiger partial charge in [0.2, 0.25) is 0 Å². The average molecular weight is 336 g/mol. The molecule has 0 bridgehead atoms. The Morgan fingerprint density at radius 2 is 1.84 bits per heavy atom. The molecule has 1 aromatic heterocycles. The molecule has 132 valence electrons. The molecule has 4 nitrogen and oxygen atoms in total. The van der Waals surface area contributed by atoms with E-state index < -0.39 is 0 Å². The first-order chi connectivity index (χ1) is 12.3. The second-order valence-electron chi connectivity index (χ2n) is 7.58. The van der Waals surface area contributed by atoms with Gasteiger partial charge in [-0.25, -0.2) is 9.97 Å². The summed E-state index contributed by atoms with van der Waals surface area (Å²) in [6.07, 6.45) is 5.76. The van der Waals surface area contributed by atoms with Crippen LogP contribution < -0.4 is 0 Å². The molecule has 4 heteroatoms. The lowest BCUT2D eigenvalue weighted by Crippen LogP contribution is -2.40. The Kier molecular flexibility index (Phi) is 5.09. The maximum atomic E-state index is 4.65. The molecule has 0 amide bonds. The zero-order valence-electron chi connectivity index (χ0n) is 15.2. The molecule has 2 aliphatic heterocycles. The predicted molar refractivity (Wildman–Crippen MR) is 100 cm³/mol. The molecule has 0 unspecified atom stereocenters. The molecule has 2 aliphatic rings. The number of piperidine rings is 1. The van der Waals surface area contributed by atoms with Crippen LogP contribution in [0, 0.1) is 12.8 Å². The summed E-state index contributed by atoms with van der Waals surface area (Å²) in [5, 5.41) is 0. The standard InChI is InChI=1S/C21H28N4/c1-17-22-13-20-9-12-25(16-21(20)23-17)15-19-7-10-24(11-8-19)14-18-5-3-2-4-6-18/h2-6,13,19H,7-12,14-16H2,1H3. The Labute approximate surface area is 150 Å². The van der Waals surface area contributed by atoms with Crippen molar-refractivity contribution in [3.05, 3.63) is 59.2 Å². The van der Waals surface area contributed by atoms with E-state index >= 15 is 0 Å². The average Bonchev–Trinajstić information content (AvgIpc) is 2.64.